The van der Waals surface area contributed by atoms with Crippen LogP contribution in [0.25, 0.3) is 10.2 Å². The topological polar surface area (TPSA) is 88.2 Å². The molecule has 136 valence electrons. The van der Waals surface area contributed by atoms with E-state index in [4.69, 9.17) is 0 Å². The molecule has 0 bridgehead atoms. The normalized spacial score (nSPS) is 12.9. The number of hydrogen-bond donors (Lipinski definition) is 2. The largest absolute Gasteiger partial charge is 0.301 e. The Kier molecular flexibility index (Phi) is 5.37. The highest BCUT2D eigenvalue weighted by Gasteiger charge is 2.22. The Bertz CT molecular complexity index is 1070. The maximum atomic E-state index is 13.2. The van der Waals surface area contributed by atoms with E-state index in [1.54, 1.807) is 12.1 Å². The molecule has 1 amide bonds. The predicted molar refractivity (Wildman–Crippen MR) is 102 cm³/mol. The highest BCUT2D eigenvalue weighted by atomic mass is 79.9. The number of nitrogens with zero attached hydrogens (tertiary/aromatic N) is 1. The lowest BCUT2D eigenvalue weighted by Gasteiger charge is -2.13. The summed E-state index contributed by atoms with van der Waals surface area (Å²) in [5.74, 6) is -0.958. The van der Waals surface area contributed by atoms with Crippen molar-refractivity contribution in [2.75, 3.05) is 5.32 Å². The third-order valence-corrected chi connectivity index (χ3v) is 6.45. The van der Waals surface area contributed by atoms with Crippen molar-refractivity contribution in [1.29, 1.82) is 0 Å². The maximum absolute atomic E-state index is 13.2. The lowest BCUT2D eigenvalue weighted by atomic mass is 10.3. The second-order valence-corrected chi connectivity index (χ2v) is 9.08. The van der Waals surface area contributed by atoms with Crippen LogP contribution in [-0.4, -0.2) is 25.4 Å². The third kappa shape index (κ3) is 4.26. The van der Waals surface area contributed by atoms with Crippen molar-refractivity contribution < 1.29 is 17.6 Å². The minimum Gasteiger partial charge on any atom is -0.301 e. The van der Waals surface area contributed by atoms with Gasteiger partial charge in [0, 0.05) is 4.47 Å². The predicted octanol–water partition coefficient (Wildman–Crippen LogP) is 3.50. The summed E-state index contributed by atoms with van der Waals surface area (Å²) in [7, 11) is -3.84. The number of carbonyl (C=O) groups excluding carboxylic acids is 1. The van der Waals surface area contributed by atoms with Crippen LogP contribution in [0.1, 0.15) is 6.92 Å². The van der Waals surface area contributed by atoms with Crippen molar-refractivity contribution >= 4 is 58.5 Å². The summed E-state index contributed by atoms with van der Waals surface area (Å²) in [6.07, 6.45) is 0. The molecule has 3 rings (SSSR count). The van der Waals surface area contributed by atoms with E-state index in [0.29, 0.717) is 10.2 Å². The fourth-order valence-electron chi connectivity index (χ4n) is 2.13. The summed E-state index contributed by atoms with van der Waals surface area (Å²) in [5.41, 5.74) is 0.551. The van der Waals surface area contributed by atoms with Crippen molar-refractivity contribution in [3.05, 3.63) is 52.8 Å². The molecule has 3 aromatic rings. The van der Waals surface area contributed by atoms with Crippen LogP contribution < -0.4 is 10.0 Å². The van der Waals surface area contributed by atoms with Gasteiger partial charge < -0.3 is 5.32 Å². The number of fused-ring (bicyclic) bond motifs is 1. The molecule has 0 fully saturated rings. The molecule has 1 unspecified atom stereocenters. The number of rotatable bonds is 5. The zero-order valence-electron chi connectivity index (χ0n) is 13.4. The van der Waals surface area contributed by atoms with Gasteiger partial charge >= 0.3 is 0 Å². The molecule has 1 atom stereocenters. The number of sulfonamides is 1. The van der Waals surface area contributed by atoms with Crippen LogP contribution in [0.2, 0.25) is 0 Å². The van der Waals surface area contributed by atoms with Gasteiger partial charge in [0.2, 0.25) is 15.9 Å². The minimum atomic E-state index is -3.84. The van der Waals surface area contributed by atoms with E-state index in [-0.39, 0.29) is 10.0 Å². The van der Waals surface area contributed by atoms with E-state index < -0.39 is 27.8 Å². The maximum Gasteiger partial charge on any atom is 0.244 e. The number of thiazole rings is 1. The lowest BCUT2D eigenvalue weighted by Crippen LogP contribution is -2.41. The molecule has 2 N–H and O–H groups in total. The summed E-state index contributed by atoms with van der Waals surface area (Å²) >= 11 is 4.34. The number of benzene rings is 2. The lowest BCUT2D eigenvalue weighted by molar-refractivity contribution is -0.117. The number of carbonyl (C=O) groups is 1. The molecule has 0 aliphatic carbocycles. The van der Waals surface area contributed by atoms with E-state index in [0.717, 1.165) is 15.8 Å². The Hall–Kier alpha value is -1.88. The standard InChI is InChI=1S/C16H13BrFN3O3S2/c1-9(21-26(23,24)12-5-2-10(17)3-6-12)15(22)20-16-19-13-7-4-11(18)8-14(13)25-16/h2-9,21H,1H3,(H,19,20,22). The van der Waals surface area contributed by atoms with E-state index in [2.05, 4.69) is 31.0 Å². The molecule has 10 heteroatoms. The van der Waals surface area contributed by atoms with Gasteiger partial charge in [-0.1, -0.05) is 27.3 Å². The zero-order valence-corrected chi connectivity index (χ0v) is 16.6. The molecule has 0 saturated heterocycles. The number of nitrogens with one attached hydrogen (secondary N) is 2. The molecule has 0 radical (unpaired) electrons. The van der Waals surface area contributed by atoms with Gasteiger partial charge in [-0.15, -0.1) is 0 Å². The second-order valence-electron chi connectivity index (χ2n) is 5.42. The van der Waals surface area contributed by atoms with Gasteiger partial charge in [-0.05, 0) is 49.4 Å². The Balaban J connectivity index is 1.71. The molecular formula is C16H13BrFN3O3S2. The quantitative estimate of drug-likeness (QED) is 0.613. The van der Waals surface area contributed by atoms with E-state index in [1.165, 1.54) is 37.3 Å². The van der Waals surface area contributed by atoms with E-state index in [9.17, 15) is 17.6 Å². The van der Waals surface area contributed by atoms with Gasteiger partial charge in [0.1, 0.15) is 5.82 Å². The molecule has 1 heterocycles. The van der Waals surface area contributed by atoms with E-state index >= 15 is 0 Å². The summed E-state index contributed by atoms with van der Waals surface area (Å²) in [5, 5.41) is 2.81. The first-order chi connectivity index (χ1) is 12.2. The van der Waals surface area contributed by atoms with Gasteiger partial charge in [0.25, 0.3) is 0 Å². The summed E-state index contributed by atoms with van der Waals surface area (Å²) < 4.78 is 41.5. The van der Waals surface area contributed by atoms with Crippen molar-refractivity contribution in [3.63, 3.8) is 0 Å². The van der Waals surface area contributed by atoms with Crippen LogP contribution in [0, 0.1) is 5.82 Å². The third-order valence-electron chi connectivity index (χ3n) is 3.43. The average molecular weight is 458 g/mol. The molecule has 0 saturated carbocycles. The molecule has 0 aliphatic heterocycles. The summed E-state index contributed by atoms with van der Waals surface area (Å²) in [6.45, 7) is 1.43. The highest BCUT2D eigenvalue weighted by molar-refractivity contribution is 9.10. The second kappa shape index (κ2) is 7.39. The Morgan fingerprint density at radius 3 is 2.62 bits per heavy atom. The average Bonchev–Trinajstić information content (AvgIpc) is 2.96. The van der Waals surface area contributed by atoms with Crippen LogP contribution in [0.15, 0.2) is 51.8 Å². The monoisotopic (exact) mass is 457 g/mol. The summed E-state index contributed by atoms with van der Waals surface area (Å²) in [4.78, 5) is 16.5. The van der Waals surface area contributed by atoms with Crippen LogP contribution in [-0.2, 0) is 14.8 Å². The van der Waals surface area contributed by atoms with Crippen LogP contribution in [0.4, 0.5) is 9.52 Å². The molecule has 1 aromatic heterocycles. The number of amides is 1. The first-order valence-corrected chi connectivity index (χ1v) is 10.5. The number of halogens is 2. The molecule has 0 spiro atoms. The Morgan fingerprint density at radius 1 is 1.23 bits per heavy atom. The SMILES string of the molecule is CC(NS(=O)(=O)c1ccc(Br)cc1)C(=O)Nc1nc2ccc(F)cc2s1. The molecular weight excluding hydrogens is 445 g/mol. The Morgan fingerprint density at radius 2 is 1.92 bits per heavy atom. The van der Waals surface area contributed by atoms with Crippen LogP contribution in [0.5, 0.6) is 0 Å². The van der Waals surface area contributed by atoms with Gasteiger partial charge in [-0.25, -0.2) is 17.8 Å². The first kappa shape index (κ1) is 18.9. The van der Waals surface area contributed by atoms with Crippen molar-refractivity contribution in [3.8, 4) is 0 Å². The Labute approximate surface area is 161 Å². The molecule has 6 nitrogen and oxygen atoms in total. The number of aromatic nitrogens is 1. The van der Waals surface area contributed by atoms with Crippen molar-refractivity contribution in [2.24, 2.45) is 0 Å². The minimum absolute atomic E-state index is 0.0517. The number of anilines is 1. The van der Waals surface area contributed by atoms with Crippen LogP contribution in [0.3, 0.4) is 0 Å². The summed E-state index contributed by atoms with van der Waals surface area (Å²) in [6, 6.07) is 9.14. The zero-order chi connectivity index (χ0) is 18.9. The first-order valence-electron chi connectivity index (χ1n) is 7.39. The van der Waals surface area contributed by atoms with Gasteiger partial charge in [-0.2, -0.15) is 4.72 Å². The molecule has 2 aromatic carbocycles. The highest BCUT2D eigenvalue weighted by Crippen LogP contribution is 2.26. The van der Waals surface area contributed by atoms with Gasteiger partial charge in [0.05, 0.1) is 21.2 Å². The van der Waals surface area contributed by atoms with Crippen molar-refractivity contribution in [1.82, 2.24) is 9.71 Å². The fourth-order valence-corrected chi connectivity index (χ4v) is 4.49. The van der Waals surface area contributed by atoms with Crippen LogP contribution >= 0.6 is 27.3 Å². The van der Waals surface area contributed by atoms with E-state index in [1.807, 2.05) is 0 Å². The van der Waals surface area contributed by atoms with Gasteiger partial charge in [0.15, 0.2) is 5.13 Å². The number of hydrogen-bond acceptors (Lipinski definition) is 5. The van der Waals surface area contributed by atoms with Crippen molar-refractivity contribution in [2.45, 2.75) is 17.9 Å². The fraction of sp³-hybridized carbons (Fsp3) is 0.125. The smallest absolute Gasteiger partial charge is 0.244 e. The molecule has 0 aliphatic rings. The molecule has 26 heavy (non-hydrogen) atoms. The van der Waals surface area contributed by atoms with Gasteiger partial charge in [-0.3, -0.25) is 4.79 Å².